The summed E-state index contributed by atoms with van der Waals surface area (Å²) >= 11 is 6.47. The predicted octanol–water partition coefficient (Wildman–Crippen LogP) is 4.02. The number of sulfonamides is 1. The standard InChI is InChI=1S/C27H31ClF2N4O5S/c1-27(9-2-3-11-39-27)26(35)33-40(36,37)23-12-18(14-31)25(24(28)13-23)32-21(8-10-34-15-20(30)16-34)17-38-22-6-4-19(29)5-7-22/h4-7,12-13,20-21,32H,2-3,8-11,15-17H2,1H3,(H,33,35)/t21-,27-/m1/s1. The number of hydrogen-bond acceptors (Lipinski definition) is 8. The van der Waals surface area contributed by atoms with E-state index in [1.807, 2.05) is 11.0 Å². The van der Waals surface area contributed by atoms with E-state index in [0.29, 0.717) is 44.8 Å². The molecule has 1 amide bonds. The van der Waals surface area contributed by atoms with Gasteiger partial charge in [-0.05, 0) is 69.0 Å². The average molecular weight is 597 g/mol. The van der Waals surface area contributed by atoms with E-state index in [4.69, 9.17) is 21.1 Å². The third-order valence-corrected chi connectivity index (χ3v) is 8.60. The van der Waals surface area contributed by atoms with Crippen molar-refractivity contribution in [2.75, 3.05) is 38.2 Å². The number of alkyl halides is 1. The number of nitrogens with zero attached hydrogens (tertiary/aromatic N) is 2. The molecule has 2 aliphatic heterocycles. The number of carbonyl (C=O) groups excluding carboxylic acids is 1. The highest BCUT2D eigenvalue weighted by Crippen LogP contribution is 2.32. The summed E-state index contributed by atoms with van der Waals surface area (Å²) < 4.78 is 66.0. The number of halogens is 3. The first-order chi connectivity index (χ1) is 19.0. The van der Waals surface area contributed by atoms with Gasteiger partial charge < -0.3 is 14.8 Å². The van der Waals surface area contributed by atoms with Gasteiger partial charge in [0.25, 0.3) is 15.9 Å². The van der Waals surface area contributed by atoms with Gasteiger partial charge in [0.1, 0.15) is 36.0 Å². The van der Waals surface area contributed by atoms with Gasteiger partial charge >= 0.3 is 0 Å². The Morgan fingerprint density at radius 1 is 1.30 bits per heavy atom. The Balaban J connectivity index is 1.51. The van der Waals surface area contributed by atoms with Crippen molar-refractivity contribution in [3.63, 3.8) is 0 Å². The molecular formula is C27H31ClF2N4O5S. The lowest BCUT2D eigenvalue weighted by Gasteiger charge is -2.35. The van der Waals surface area contributed by atoms with Crippen LogP contribution in [0.3, 0.4) is 0 Å². The van der Waals surface area contributed by atoms with Crippen LogP contribution in [0.5, 0.6) is 5.75 Å². The molecule has 2 aliphatic rings. The van der Waals surface area contributed by atoms with Gasteiger partial charge in [0.05, 0.1) is 27.2 Å². The molecule has 2 aromatic carbocycles. The van der Waals surface area contributed by atoms with E-state index in [1.165, 1.54) is 24.3 Å². The van der Waals surface area contributed by atoms with Gasteiger partial charge in [-0.2, -0.15) is 5.26 Å². The van der Waals surface area contributed by atoms with Crippen LogP contribution in [0.25, 0.3) is 0 Å². The van der Waals surface area contributed by atoms with Crippen molar-refractivity contribution in [3.8, 4) is 11.8 Å². The number of rotatable bonds is 11. The number of nitrogens with one attached hydrogen (secondary N) is 2. The first-order valence-corrected chi connectivity index (χ1v) is 14.8. The second kappa shape index (κ2) is 12.7. The third kappa shape index (κ3) is 7.40. The summed E-state index contributed by atoms with van der Waals surface area (Å²) in [5.74, 6) is -0.762. The molecule has 0 spiro atoms. The second-order valence-corrected chi connectivity index (χ2v) is 12.3. The van der Waals surface area contributed by atoms with E-state index in [-0.39, 0.29) is 27.8 Å². The Morgan fingerprint density at radius 2 is 2.02 bits per heavy atom. The van der Waals surface area contributed by atoms with Crippen LogP contribution in [-0.2, 0) is 19.6 Å². The molecule has 2 atom stereocenters. The number of benzene rings is 2. The van der Waals surface area contributed by atoms with Crippen LogP contribution < -0.4 is 14.8 Å². The molecule has 2 N–H and O–H groups in total. The van der Waals surface area contributed by atoms with Gasteiger partial charge in [-0.15, -0.1) is 0 Å². The van der Waals surface area contributed by atoms with Crippen molar-refractivity contribution in [2.24, 2.45) is 0 Å². The van der Waals surface area contributed by atoms with Crippen LogP contribution in [0.2, 0.25) is 5.02 Å². The monoisotopic (exact) mass is 596 g/mol. The van der Waals surface area contributed by atoms with Crippen LogP contribution in [0.1, 0.15) is 38.2 Å². The molecule has 216 valence electrons. The molecule has 0 aromatic heterocycles. The lowest BCUT2D eigenvalue weighted by atomic mass is 9.95. The molecule has 40 heavy (non-hydrogen) atoms. The van der Waals surface area contributed by atoms with Gasteiger partial charge in [-0.1, -0.05) is 11.6 Å². The fraction of sp³-hybridized carbons (Fsp3) is 0.481. The molecule has 0 saturated carbocycles. The molecule has 0 aliphatic carbocycles. The lowest BCUT2D eigenvalue weighted by molar-refractivity contribution is -0.148. The summed E-state index contributed by atoms with van der Waals surface area (Å²) in [7, 11) is -4.36. The summed E-state index contributed by atoms with van der Waals surface area (Å²) in [6.07, 6.45) is 1.53. The Labute approximate surface area is 237 Å². The lowest BCUT2D eigenvalue weighted by Crippen LogP contribution is -2.50. The van der Waals surface area contributed by atoms with E-state index in [2.05, 4.69) is 10.0 Å². The molecule has 0 bridgehead atoms. The molecular weight excluding hydrogens is 566 g/mol. The average Bonchev–Trinajstić information content (AvgIpc) is 2.90. The Morgan fingerprint density at radius 3 is 2.65 bits per heavy atom. The maximum Gasteiger partial charge on any atom is 0.265 e. The van der Waals surface area contributed by atoms with Crippen LogP contribution in [0, 0.1) is 17.1 Å². The number of ether oxygens (including phenoxy) is 2. The molecule has 2 aromatic rings. The van der Waals surface area contributed by atoms with Gasteiger partial charge in [-0.25, -0.2) is 21.9 Å². The first kappa shape index (κ1) is 30.0. The summed E-state index contributed by atoms with van der Waals surface area (Å²) in [6.45, 7) is 3.21. The fourth-order valence-corrected chi connectivity index (χ4v) is 5.99. The van der Waals surface area contributed by atoms with Crippen LogP contribution in [0.15, 0.2) is 41.3 Å². The number of nitriles is 1. The summed E-state index contributed by atoms with van der Waals surface area (Å²) in [6, 6.07) is 9.33. The predicted molar refractivity (Wildman–Crippen MR) is 145 cm³/mol. The Bertz CT molecular complexity index is 1360. The third-order valence-electron chi connectivity index (χ3n) is 6.99. The quantitative estimate of drug-likeness (QED) is 0.399. The highest BCUT2D eigenvalue weighted by atomic mass is 35.5. The molecule has 13 heteroatoms. The van der Waals surface area contributed by atoms with Crippen LogP contribution >= 0.6 is 11.6 Å². The normalized spacial score (nSPS) is 20.7. The SMILES string of the molecule is C[C@]1(C(=O)NS(=O)(=O)c2cc(Cl)c(N[C@H](CCN3CC(F)C3)COc3ccc(F)cc3)c(C#N)c2)CCCCO1. The minimum absolute atomic E-state index is 0.0495. The topological polar surface area (TPSA) is 121 Å². The number of hydrogen-bond donors (Lipinski definition) is 2. The maximum absolute atomic E-state index is 13.3. The highest BCUT2D eigenvalue weighted by molar-refractivity contribution is 7.90. The van der Waals surface area contributed by atoms with Crippen molar-refractivity contribution < 1.29 is 31.5 Å². The molecule has 0 radical (unpaired) electrons. The van der Waals surface area contributed by atoms with Gasteiger partial charge in [0.2, 0.25) is 0 Å². The fourth-order valence-electron chi connectivity index (χ4n) is 4.53. The number of amides is 1. The minimum Gasteiger partial charge on any atom is -0.491 e. The minimum atomic E-state index is -4.36. The van der Waals surface area contributed by atoms with Crippen LogP contribution in [0.4, 0.5) is 14.5 Å². The zero-order valence-corrected chi connectivity index (χ0v) is 23.5. The van der Waals surface area contributed by atoms with E-state index in [1.54, 1.807) is 6.92 Å². The molecule has 2 heterocycles. The highest BCUT2D eigenvalue weighted by Gasteiger charge is 2.38. The van der Waals surface area contributed by atoms with Crippen molar-refractivity contribution in [2.45, 2.75) is 55.3 Å². The molecule has 9 nitrogen and oxygen atoms in total. The number of anilines is 1. The summed E-state index contributed by atoms with van der Waals surface area (Å²) in [5.41, 5.74) is -1.14. The Hall–Kier alpha value is -2.98. The maximum atomic E-state index is 13.3. The zero-order valence-electron chi connectivity index (χ0n) is 22.0. The van der Waals surface area contributed by atoms with Crippen molar-refractivity contribution in [1.29, 1.82) is 5.26 Å². The molecule has 4 rings (SSSR count). The van der Waals surface area contributed by atoms with Gasteiger partial charge in [0, 0.05) is 26.2 Å². The van der Waals surface area contributed by atoms with Crippen molar-refractivity contribution in [1.82, 2.24) is 9.62 Å². The van der Waals surface area contributed by atoms with Crippen LogP contribution in [-0.4, -0.2) is 69.9 Å². The summed E-state index contributed by atoms with van der Waals surface area (Å²) in [5, 5.41) is 12.9. The molecule has 0 unspecified atom stereocenters. The van der Waals surface area contributed by atoms with E-state index in [0.717, 1.165) is 25.0 Å². The molecule has 2 fully saturated rings. The first-order valence-electron chi connectivity index (χ1n) is 13.0. The second-order valence-electron chi connectivity index (χ2n) is 10.2. The Kier molecular flexibility index (Phi) is 9.51. The number of likely N-dealkylation sites (tertiary alicyclic amines) is 1. The largest absolute Gasteiger partial charge is 0.491 e. The van der Waals surface area contributed by atoms with Gasteiger partial charge in [0.15, 0.2) is 0 Å². The smallest absolute Gasteiger partial charge is 0.265 e. The molecule has 2 saturated heterocycles. The van der Waals surface area contributed by atoms with E-state index < -0.39 is 39.6 Å². The van der Waals surface area contributed by atoms with Crippen molar-refractivity contribution >= 4 is 33.2 Å². The van der Waals surface area contributed by atoms with Crippen molar-refractivity contribution in [3.05, 3.63) is 52.8 Å². The van der Waals surface area contributed by atoms with E-state index >= 15 is 0 Å². The number of carbonyl (C=O) groups is 1. The van der Waals surface area contributed by atoms with Gasteiger partial charge in [-0.3, -0.25) is 9.69 Å². The summed E-state index contributed by atoms with van der Waals surface area (Å²) in [4.78, 5) is 14.3. The van der Waals surface area contributed by atoms with E-state index in [9.17, 15) is 27.3 Å². The zero-order chi connectivity index (χ0) is 28.9.